The van der Waals surface area contributed by atoms with Gasteiger partial charge in [0.25, 0.3) is 5.69 Å². The maximum atomic E-state index is 12.3. The second kappa shape index (κ2) is 8.91. The summed E-state index contributed by atoms with van der Waals surface area (Å²) in [6.07, 6.45) is 0. The minimum Gasteiger partial charge on any atom is -0.493 e. The molecule has 156 valence electrons. The Balaban J connectivity index is 1.79. The van der Waals surface area contributed by atoms with Gasteiger partial charge >= 0.3 is 0 Å². The number of nitrogens with zero attached hydrogens (tertiary/aromatic N) is 3. The molecule has 0 N–H and O–H groups in total. The Morgan fingerprint density at radius 1 is 1.17 bits per heavy atom. The standard InChI is InChI=1S/C21H21N3O5S/c1-13-5-6-17(9-14(13)2)23(15(3)25)21-22-16(12-30-21)11-29-19-8-7-18(24(26)27)10-20(19)28-4/h5-10,12H,11H2,1-4H3. The molecule has 1 heterocycles. The summed E-state index contributed by atoms with van der Waals surface area (Å²) in [5.41, 5.74) is 3.53. The summed E-state index contributed by atoms with van der Waals surface area (Å²) in [5, 5.41) is 13.3. The predicted molar refractivity (Wildman–Crippen MR) is 115 cm³/mol. The van der Waals surface area contributed by atoms with E-state index in [4.69, 9.17) is 9.47 Å². The zero-order valence-corrected chi connectivity index (χ0v) is 17.9. The topological polar surface area (TPSA) is 94.8 Å². The van der Waals surface area contributed by atoms with Crippen molar-refractivity contribution in [2.75, 3.05) is 12.0 Å². The van der Waals surface area contributed by atoms with Gasteiger partial charge in [-0.3, -0.25) is 19.8 Å². The van der Waals surface area contributed by atoms with Gasteiger partial charge < -0.3 is 9.47 Å². The second-order valence-corrected chi connectivity index (χ2v) is 7.46. The molecule has 1 amide bonds. The van der Waals surface area contributed by atoms with Crippen molar-refractivity contribution in [1.82, 2.24) is 4.98 Å². The number of anilines is 2. The lowest BCUT2D eigenvalue weighted by molar-refractivity contribution is -0.385. The summed E-state index contributed by atoms with van der Waals surface area (Å²) in [6.45, 7) is 5.64. The number of aryl methyl sites for hydroxylation is 2. The summed E-state index contributed by atoms with van der Waals surface area (Å²) in [7, 11) is 1.42. The van der Waals surface area contributed by atoms with Gasteiger partial charge in [-0.05, 0) is 43.2 Å². The van der Waals surface area contributed by atoms with Crippen LogP contribution in [0.1, 0.15) is 23.7 Å². The number of hydrogen-bond acceptors (Lipinski definition) is 7. The lowest BCUT2D eigenvalue weighted by Crippen LogP contribution is -2.22. The van der Waals surface area contributed by atoms with Crippen molar-refractivity contribution in [2.24, 2.45) is 0 Å². The first kappa shape index (κ1) is 21.3. The number of carbonyl (C=O) groups is 1. The number of nitro groups is 1. The van der Waals surface area contributed by atoms with Crippen LogP contribution < -0.4 is 14.4 Å². The van der Waals surface area contributed by atoms with E-state index in [0.29, 0.717) is 16.6 Å². The lowest BCUT2D eigenvalue weighted by Gasteiger charge is -2.19. The highest BCUT2D eigenvalue weighted by molar-refractivity contribution is 7.14. The molecular weight excluding hydrogens is 406 g/mol. The Bertz CT molecular complexity index is 1100. The van der Waals surface area contributed by atoms with Crippen molar-refractivity contribution in [3.63, 3.8) is 0 Å². The number of thiazole rings is 1. The molecule has 9 heteroatoms. The molecule has 0 fully saturated rings. The van der Waals surface area contributed by atoms with E-state index in [1.54, 1.807) is 4.90 Å². The van der Waals surface area contributed by atoms with Crippen LogP contribution in [0.25, 0.3) is 0 Å². The summed E-state index contributed by atoms with van der Waals surface area (Å²) in [5.74, 6) is 0.493. The predicted octanol–water partition coefficient (Wildman–Crippen LogP) is 4.94. The Morgan fingerprint density at radius 2 is 1.93 bits per heavy atom. The molecule has 0 aliphatic carbocycles. The van der Waals surface area contributed by atoms with Crippen LogP contribution in [0.5, 0.6) is 11.5 Å². The summed E-state index contributed by atoms with van der Waals surface area (Å²) in [6, 6.07) is 9.96. The van der Waals surface area contributed by atoms with Crippen molar-refractivity contribution in [3.05, 3.63) is 68.7 Å². The van der Waals surface area contributed by atoms with E-state index in [1.165, 1.54) is 43.6 Å². The first-order valence-electron chi connectivity index (χ1n) is 9.07. The number of hydrogen-bond donors (Lipinski definition) is 0. The van der Waals surface area contributed by atoms with E-state index >= 15 is 0 Å². The van der Waals surface area contributed by atoms with Crippen molar-refractivity contribution >= 4 is 33.8 Å². The van der Waals surface area contributed by atoms with Crippen LogP contribution in [0.15, 0.2) is 41.8 Å². The minimum absolute atomic E-state index is 0.0827. The van der Waals surface area contributed by atoms with Gasteiger partial charge in [-0.1, -0.05) is 6.07 Å². The zero-order valence-electron chi connectivity index (χ0n) is 17.0. The van der Waals surface area contributed by atoms with Gasteiger partial charge in [-0.2, -0.15) is 0 Å². The van der Waals surface area contributed by atoms with Crippen molar-refractivity contribution in [3.8, 4) is 11.5 Å². The molecule has 3 rings (SSSR count). The highest BCUT2D eigenvalue weighted by Crippen LogP contribution is 2.33. The van der Waals surface area contributed by atoms with Crippen LogP contribution in [-0.2, 0) is 11.4 Å². The molecule has 0 bridgehead atoms. The molecule has 2 aromatic carbocycles. The van der Waals surface area contributed by atoms with Crippen LogP contribution in [0.3, 0.4) is 0 Å². The summed E-state index contributed by atoms with van der Waals surface area (Å²) < 4.78 is 10.9. The lowest BCUT2D eigenvalue weighted by atomic mass is 10.1. The Labute approximate surface area is 177 Å². The maximum Gasteiger partial charge on any atom is 0.273 e. The van der Waals surface area contributed by atoms with Crippen molar-refractivity contribution in [2.45, 2.75) is 27.4 Å². The normalized spacial score (nSPS) is 10.5. The number of methoxy groups -OCH3 is 1. The second-order valence-electron chi connectivity index (χ2n) is 6.63. The quantitative estimate of drug-likeness (QED) is 0.391. The first-order chi connectivity index (χ1) is 14.3. The average Bonchev–Trinajstić information content (AvgIpc) is 3.17. The molecule has 0 saturated carbocycles. The Morgan fingerprint density at radius 3 is 2.57 bits per heavy atom. The average molecular weight is 427 g/mol. The largest absolute Gasteiger partial charge is 0.493 e. The zero-order chi connectivity index (χ0) is 21.8. The highest BCUT2D eigenvalue weighted by Gasteiger charge is 2.19. The Kier molecular flexibility index (Phi) is 6.31. The molecule has 0 atom stereocenters. The molecule has 0 aliphatic heterocycles. The number of benzene rings is 2. The number of non-ortho nitro benzene ring substituents is 1. The molecule has 0 unspecified atom stereocenters. The monoisotopic (exact) mass is 427 g/mol. The third-order valence-corrected chi connectivity index (χ3v) is 5.40. The molecule has 3 aromatic rings. The number of nitro benzene ring substituents is 1. The summed E-state index contributed by atoms with van der Waals surface area (Å²) >= 11 is 1.34. The number of aromatic nitrogens is 1. The fourth-order valence-corrected chi connectivity index (χ4v) is 3.67. The van der Waals surface area contributed by atoms with Crippen molar-refractivity contribution in [1.29, 1.82) is 0 Å². The van der Waals surface area contributed by atoms with Gasteiger partial charge in [0.2, 0.25) is 5.91 Å². The molecule has 0 aliphatic rings. The third-order valence-electron chi connectivity index (χ3n) is 4.53. The van der Waals surface area contributed by atoms with E-state index in [-0.39, 0.29) is 24.0 Å². The van der Waals surface area contributed by atoms with Gasteiger partial charge in [0, 0.05) is 18.4 Å². The van der Waals surface area contributed by atoms with Crippen LogP contribution >= 0.6 is 11.3 Å². The fraction of sp³-hybridized carbons (Fsp3) is 0.238. The maximum absolute atomic E-state index is 12.3. The smallest absolute Gasteiger partial charge is 0.273 e. The van der Waals surface area contributed by atoms with Gasteiger partial charge in [-0.25, -0.2) is 4.98 Å². The summed E-state index contributed by atoms with van der Waals surface area (Å²) in [4.78, 5) is 28.8. The molecule has 0 radical (unpaired) electrons. The molecule has 1 aromatic heterocycles. The Hall–Kier alpha value is -3.46. The van der Waals surface area contributed by atoms with Crippen LogP contribution in [0.2, 0.25) is 0 Å². The number of ether oxygens (including phenoxy) is 2. The highest BCUT2D eigenvalue weighted by atomic mass is 32.1. The number of carbonyl (C=O) groups excluding carboxylic acids is 1. The number of rotatable bonds is 7. The minimum atomic E-state index is -0.498. The fourth-order valence-electron chi connectivity index (χ4n) is 2.80. The van der Waals surface area contributed by atoms with E-state index in [9.17, 15) is 14.9 Å². The van der Waals surface area contributed by atoms with Crippen LogP contribution in [0.4, 0.5) is 16.5 Å². The third kappa shape index (κ3) is 4.57. The molecular formula is C21H21N3O5S. The van der Waals surface area contributed by atoms with Gasteiger partial charge in [0.15, 0.2) is 16.6 Å². The van der Waals surface area contributed by atoms with E-state index in [2.05, 4.69) is 4.98 Å². The first-order valence-corrected chi connectivity index (χ1v) is 9.95. The van der Waals surface area contributed by atoms with Crippen LogP contribution in [0, 0.1) is 24.0 Å². The van der Waals surface area contributed by atoms with E-state index < -0.39 is 4.92 Å². The molecule has 30 heavy (non-hydrogen) atoms. The number of amides is 1. The SMILES string of the molecule is COc1cc([N+](=O)[O-])ccc1OCc1csc(N(C(C)=O)c2ccc(C)c(C)c2)n1. The van der Waals surface area contributed by atoms with Crippen molar-refractivity contribution < 1.29 is 19.2 Å². The van der Waals surface area contributed by atoms with Gasteiger partial charge in [0.1, 0.15) is 6.61 Å². The molecule has 0 spiro atoms. The van der Waals surface area contributed by atoms with Gasteiger partial charge in [-0.15, -0.1) is 11.3 Å². The van der Waals surface area contributed by atoms with E-state index in [0.717, 1.165) is 16.8 Å². The molecule has 8 nitrogen and oxygen atoms in total. The molecule has 0 saturated heterocycles. The van der Waals surface area contributed by atoms with Crippen LogP contribution in [-0.4, -0.2) is 22.9 Å². The van der Waals surface area contributed by atoms with E-state index in [1.807, 2.05) is 37.4 Å². The van der Waals surface area contributed by atoms with Gasteiger partial charge in [0.05, 0.1) is 29.5 Å².